The lowest BCUT2D eigenvalue weighted by atomic mass is 9.96. The molecular weight excluding hydrogens is 440 g/mol. The Labute approximate surface area is 186 Å². The van der Waals surface area contributed by atoms with Crippen molar-refractivity contribution in [3.8, 4) is 0 Å². The first-order chi connectivity index (χ1) is 14.7. The van der Waals surface area contributed by atoms with E-state index in [2.05, 4.69) is 10.3 Å². The molecule has 1 saturated heterocycles. The van der Waals surface area contributed by atoms with E-state index in [-0.39, 0.29) is 29.7 Å². The summed E-state index contributed by atoms with van der Waals surface area (Å²) in [6.45, 7) is 1.91. The molecule has 7 nitrogen and oxygen atoms in total. The van der Waals surface area contributed by atoms with Crippen molar-refractivity contribution in [1.29, 1.82) is 0 Å². The Morgan fingerprint density at radius 2 is 1.97 bits per heavy atom. The van der Waals surface area contributed by atoms with Crippen LogP contribution in [0, 0.1) is 0 Å². The van der Waals surface area contributed by atoms with Crippen LogP contribution in [-0.2, 0) is 27.8 Å². The van der Waals surface area contributed by atoms with E-state index in [9.17, 15) is 18.0 Å². The normalized spacial score (nSPS) is 17.1. The standard InChI is InChI=1S/C22H25ClN2O5S/c1-2-14-7-9-20(25-22(14)27)18(13-17-8-10-21(26)24-17)16-6-5-15(19(23)12-16)4-3-11-31(28,29)30/h5-7,9,12-13,17H,2-4,8,10-11H2,1H3,(H,24,26)(H,25,27)(H,28,29,30)/b18-13+/t17-/m1/s1. The van der Waals surface area contributed by atoms with Gasteiger partial charge in [-0.2, -0.15) is 8.42 Å². The maximum absolute atomic E-state index is 12.4. The quantitative estimate of drug-likeness (QED) is 0.519. The van der Waals surface area contributed by atoms with Crippen molar-refractivity contribution < 1.29 is 17.8 Å². The highest BCUT2D eigenvalue weighted by Crippen LogP contribution is 2.28. The van der Waals surface area contributed by atoms with Crippen LogP contribution in [-0.4, -0.2) is 35.7 Å². The molecule has 0 saturated carbocycles. The molecule has 1 aliphatic rings. The van der Waals surface area contributed by atoms with Crippen molar-refractivity contribution in [3.63, 3.8) is 0 Å². The summed E-state index contributed by atoms with van der Waals surface area (Å²) >= 11 is 6.45. The Hall–Kier alpha value is -2.42. The highest BCUT2D eigenvalue weighted by Gasteiger charge is 2.21. The highest BCUT2D eigenvalue weighted by atomic mass is 35.5. The summed E-state index contributed by atoms with van der Waals surface area (Å²) in [5, 5.41) is 3.37. The number of carbonyl (C=O) groups excluding carboxylic acids is 1. The van der Waals surface area contributed by atoms with Crippen molar-refractivity contribution in [2.75, 3.05) is 5.75 Å². The zero-order valence-electron chi connectivity index (χ0n) is 17.2. The van der Waals surface area contributed by atoms with E-state index in [0.29, 0.717) is 42.0 Å². The van der Waals surface area contributed by atoms with Crippen LogP contribution in [0.2, 0.25) is 5.02 Å². The van der Waals surface area contributed by atoms with E-state index in [4.69, 9.17) is 16.2 Å². The molecule has 3 N–H and O–H groups in total. The third kappa shape index (κ3) is 6.29. The number of rotatable bonds is 8. The lowest BCUT2D eigenvalue weighted by Crippen LogP contribution is -2.23. The molecule has 0 radical (unpaired) electrons. The lowest BCUT2D eigenvalue weighted by Gasteiger charge is -2.14. The van der Waals surface area contributed by atoms with Gasteiger partial charge in [-0.05, 0) is 48.9 Å². The van der Waals surface area contributed by atoms with Crippen molar-refractivity contribution in [3.05, 3.63) is 74.2 Å². The van der Waals surface area contributed by atoms with Gasteiger partial charge in [-0.15, -0.1) is 0 Å². The first-order valence-electron chi connectivity index (χ1n) is 10.1. The SMILES string of the molecule is CCc1ccc(/C(=C/[C@H]2CCC(=O)N2)c2ccc(CCCS(=O)(=O)O)c(Cl)c2)[nH]c1=O. The Kier molecular flexibility index (Phi) is 7.35. The van der Waals surface area contributed by atoms with Crippen molar-refractivity contribution in [1.82, 2.24) is 10.3 Å². The van der Waals surface area contributed by atoms with Gasteiger partial charge in [0.15, 0.2) is 0 Å². The third-order valence-corrected chi connectivity index (χ3v) is 6.43. The Bertz CT molecular complexity index is 1170. The van der Waals surface area contributed by atoms with Gasteiger partial charge in [0.25, 0.3) is 15.7 Å². The molecule has 9 heteroatoms. The first-order valence-corrected chi connectivity index (χ1v) is 12.1. The van der Waals surface area contributed by atoms with E-state index in [1.807, 2.05) is 25.1 Å². The van der Waals surface area contributed by atoms with Crippen LogP contribution in [0.15, 0.2) is 41.2 Å². The summed E-state index contributed by atoms with van der Waals surface area (Å²) in [7, 11) is -4.01. The summed E-state index contributed by atoms with van der Waals surface area (Å²) in [6.07, 6.45) is 4.32. The predicted octanol–water partition coefficient (Wildman–Crippen LogP) is 3.12. The molecule has 166 valence electrons. The third-order valence-electron chi connectivity index (χ3n) is 5.27. The van der Waals surface area contributed by atoms with E-state index in [0.717, 1.165) is 16.7 Å². The average Bonchev–Trinajstić information content (AvgIpc) is 3.11. The van der Waals surface area contributed by atoms with Crippen molar-refractivity contribution >= 4 is 33.2 Å². The van der Waals surface area contributed by atoms with Gasteiger partial charge in [-0.1, -0.05) is 42.8 Å². The van der Waals surface area contributed by atoms with Gasteiger partial charge in [0, 0.05) is 34.3 Å². The van der Waals surface area contributed by atoms with Gasteiger partial charge in [0.05, 0.1) is 5.75 Å². The summed E-state index contributed by atoms with van der Waals surface area (Å²) in [6, 6.07) is 8.91. The molecule has 0 spiro atoms. The van der Waals surface area contributed by atoms with E-state index < -0.39 is 10.1 Å². The van der Waals surface area contributed by atoms with Crippen LogP contribution in [0.25, 0.3) is 5.57 Å². The van der Waals surface area contributed by atoms with E-state index >= 15 is 0 Å². The number of nitrogens with one attached hydrogen (secondary N) is 2. The monoisotopic (exact) mass is 464 g/mol. The molecule has 1 aliphatic heterocycles. The molecule has 0 unspecified atom stereocenters. The molecule has 31 heavy (non-hydrogen) atoms. The number of halogens is 1. The fourth-order valence-electron chi connectivity index (χ4n) is 3.61. The van der Waals surface area contributed by atoms with Crippen molar-refractivity contribution in [2.45, 2.75) is 45.1 Å². The van der Waals surface area contributed by atoms with Crippen molar-refractivity contribution in [2.24, 2.45) is 0 Å². The summed E-state index contributed by atoms with van der Waals surface area (Å²) in [4.78, 5) is 26.9. The van der Waals surface area contributed by atoms with E-state index in [1.54, 1.807) is 18.2 Å². The van der Waals surface area contributed by atoms with Crippen LogP contribution in [0.4, 0.5) is 0 Å². The minimum Gasteiger partial charge on any atom is -0.350 e. The molecule has 2 aromatic rings. The highest BCUT2D eigenvalue weighted by molar-refractivity contribution is 7.85. The number of hydrogen-bond donors (Lipinski definition) is 3. The van der Waals surface area contributed by atoms with Crippen LogP contribution < -0.4 is 10.9 Å². The maximum Gasteiger partial charge on any atom is 0.264 e. The zero-order chi connectivity index (χ0) is 22.6. The molecule has 1 atom stereocenters. The molecule has 1 aromatic carbocycles. The van der Waals surface area contributed by atoms with Crippen LogP contribution in [0.5, 0.6) is 0 Å². The largest absolute Gasteiger partial charge is 0.350 e. The van der Waals surface area contributed by atoms with Crippen LogP contribution in [0.3, 0.4) is 0 Å². The summed E-state index contributed by atoms with van der Waals surface area (Å²) < 4.78 is 30.7. The second-order valence-corrected chi connectivity index (χ2v) is 9.55. The smallest absolute Gasteiger partial charge is 0.264 e. The number of pyridine rings is 1. The molecule has 1 aromatic heterocycles. The summed E-state index contributed by atoms with van der Waals surface area (Å²) in [5.41, 5.74) is 3.43. The second-order valence-electron chi connectivity index (χ2n) is 7.57. The van der Waals surface area contributed by atoms with Gasteiger partial charge < -0.3 is 10.3 Å². The Balaban J connectivity index is 1.95. The molecule has 1 amide bonds. The molecule has 0 bridgehead atoms. The fourth-order valence-corrected chi connectivity index (χ4v) is 4.39. The number of H-pyrrole nitrogens is 1. The predicted molar refractivity (Wildman–Crippen MR) is 121 cm³/mol. The number of aromatic amines is 1. The molecule has 1 fully saturated rings. The average molecular weight is 465 g/mol. The van der Waals surface area contributed by atoms with E-state index in [1.165, 1.54) is 0 Å². The molecular formula is C22H25ClN2O5S. The van der Waals surface area contributed by atoms with Crippen LogP contribution >= 0.6 is 11.6 Å². The number of amides is 1. The Morgan fingerprint density at radius 1 is 1.23 bits per heavy atom. The minimum atomic E-state index is -4.01. The minimum absolute atomic E-state index is 0.0114. The second kappa shape index (κ2) is 9.80. The van der Waals surface area contributed by atoms with Gasteiger partial charge >= 0.3 is 0 Å². The topological polar surface area (TPSA) is 116 Å². The number of aromatic nitrogens is 1. The number of aryl methyl sites for hydroxylation is 2. The maximum atomic E-state index is 12.4. The molecule has 0 aliphatic carbocycles. The van der Waals surface area contributed by atoms with Gasteiger partial charge in [0.1, 0.15) is 0 Å². The van der Waals surface area contributed by atoms with Gasteiger partial charge in [-0.3, -0.25) is 14.1 Å². The lowest BCUT2D eigenvalue weighted by molar-refractivity contribution is -0.119. The molecule has 2 heterocycles. The zero-order valence-corrected chi connectivity index (χ0v) is 18.7. The number of hydrogen-bond acceptors (Lipinski definition) is 4. The number of carbonyl (C=O) groups is 1. The Morgan fingerprint density at radius 3 is 2.55 bits per heavy atom. The summed E-state index contributed by atoms with van der Waals surface area (Å²) in [5.74, 6) is -0.342. The van der Waals surface area contributed by atoms with Gasteiger partial charge in [0.2, 0.25) is 5.91 Å². The first kappa shape index (κ1) is 23.2. The van der Waals surface area contributed by atoms with Crippen LogP contribution in [0.1, 0.15) is 48.6 Å². The van der Waals surface area contributed by atoms with Gasteiger partial charge in [-0.25, -0.2) is 0 Å². The molecule has 3 rings (SSSR count). The fraction of sp³-hybridized carbons (Fsp3) is 0.364. The number of benzene rings is 1.